The lowest BCUT2D eigenvalue weighted by atomic mass is 9.99. The molecule has 1 aromatic carbocycles. The second-order valence-corrected chi connectivity index (χ2v) is 5.70. The van der Waals surface area contributed by atoms with Crippen molar-refractivity contribution >= 4 is 5.97 Å². The quantitative estimate of drug-likeness (QED) is 0.619. The number of hydrogen-bond acceptors (Lipinski definition) is 4. The molecular weight excluding hydrogens is 266 g/mol. The van der Waals surface area contributed by atoms with Crippen molar-refractivity contribution in [3.63, 3.8) is 0 Å². The number of carbonyl (C=O) groups is 1. The summed E-state index contributed by atoms with van der Waals surface area (Å²) in [6.07, 6.45) is 4.12. The predicted octanol–water partition coefficient (Wildman–Crippen LogP) is 2.45. The molecule has 0 aromatic heterocycles. The molecule has 0 aliphatic heterocycles. The molecule has 2 rings (SSSR count). The van der Waals surface area contributed by atoms with Crippen LogP contribution in [0.1, 0.15) is 38.2 Å². The summed E-state index contributed by atoms with van der Waals surface area (Å²) in [7, 11) is 0. The van der Waals surface area contributed by atoms with Gasteiger partial charge in [0.15, 0.2) is 0 Å². The smallest absolute Gasteiger partial charge is 0.326 e. The largest absolute Gasteiger partial charge is 0.465 e. The van der Waals surface area contributed by atoms with Gasteiger partial charge in [-0.2, -0.15) is 0 Å². The minimum absolute atomic E-state index is 0.0789. The van der Waals surface area contributed by atoms with Gasteiger partial charge in [0, 0.05) is 13.0 Å². The molecule has 0 heterocycles. The van der Waals surface area contributed by atoms with Crippen LogP contribution < -0.4 is 5.73 Å². The zero-order valence-corrected chi connectivity index (χ0v) is 12.7. The summed E-state index contributed by atoms with van der Waals surface area (Å²) in [5, 5.41) is 0. The Morgan fingerprint density at radius 2 is 2.14 bits per heavy atom. The molecule has 0 amide bonds. The Hall–Kier alpha value is -1.39. The van der Waals surface area contributed by atoms with Gasteiger partial charge in [-0.25, -0.2) is 0 Å². The summed E-state index contributed by atoms with van der Waals surface area (Å²) in [4.78, 5) is 11.8. The third-order valence-corrected chi connectivity index (χ3v) is 3.99. The van der Waals surface area contributed by atoms with Crippen molar-refractivity contribution in [2.24, 2.45) is 5.73 Å². The minimum atomic E-state index is -0.847. The van der Waals surface area contributed by atoms with Gasteiger partial charge in [-0.3, -0.25) is 4.79 Å². The van der Waals surface area contributed by atoms with Gasteiger partial charge >= 0.3 is 5.97 Å². The van der Waals surface area contributed by atoms with E-state index in [0.29, 0.717) is 26.1 Å². The molecule has 4 heteroatoms. The summed E-state index contributed by atoms with van der Waals surface area (Å²) in [5.74, 6) is -0.291. The van der Waals surface area contributed by atoms with E-state index in [-0.39, 0.29) is 12.1 Å². The van der Waals surface area contributed by atoms with Crippen LogP contribution >= 0.6 is 0 Å². The van der Waals surface area contributed by atoms with Crippen molar-refractivity contribution in [2.45, 2.75) is 50.7 Å². The maximum Gasteiger partial charge on any atom is 0.326 e. The number of ether oxygens (including phenoxy) is 2. The van der Waals surface area contributed by atoms with E-state index in [2.05, 4.69) is 24.3 Å². The van der Waals surface area contributed by atoms with Gasteiger partial charge in [0.05, 0.1) is 12.7 Å². The highest BCUT2D eigenvalue weighted by Crippen LogP contribution is 2.31. The summed E-state index contributed by atoms with van der Waals surface area (Å²) in [6, 6.07) is 10.4. The highest BCUT2D eigenvalue weighted by Gasteiger charge is 2.43. The monoisotopic (exact) mass is 291 g/mol. The molecule has 0 saturated heterocycles. The van der Waals surface area contributed by atoms with Gasteiger partial charge in [-0.1, -0.05) is 30.3 Å². The van der Waals surface area contributed by atoms with Gasteiger partial charge in [0.2, 0.25) is 0 Å². The fraction of sp³-hybridized carbons (Fsp3) is 0.588. The number of carbonyl (C=O) groups excluding carboxylic acids is 1. The van der Waals surface area contributed by atoms with Crippen LogP contribution in [-0.2, 0) is 20.7 Å². The number of esters is 1. The van der Waals surface area contributed by atoms with Crippen LogP contribution in [0.15, 0.2) is 30.3 Å². The first kappa shape index (κ1) is 16.0. The normalized spacial score (nSPS) is 25.0. The number of hydrogen-bond donors (Lipinski definition) is 1. The highest BCUT2D eigenvalue weighted by molar-refractivity contribution is 5.81. The molecule has 1 aliphatic carbocycles. The molecule has 1 aliphatic rings. The Bertz CT molecular complexity index is 449. The molecule has 0 radical (unpaired) electrons. The van der Waals surface area contributed by atoms with Crippen molar-refractivity contribution in [3.05, 3.63) is 35.9 Å². The van der Waals surface area contributed by atoms with Crippen LogP contribution in [0.5, 0.6) is 0 Å². The average molecular weight is 291 g/mol. The molecule has 1 fully saturated rings. The number of benzene rings is 1. The summed E-state index contributed by atoms with van der Waals surface area (Å²) in [6.45, 7) is 2.88. The lowest BCUT2D eigenvalue weighted by molar-refractivity contribution is -0.149. The first-order chi connectivity index (χ1) is 10.1. The van der Waals surface area contributed by atoms with E-state index in [1.54, 1.807) is 6.92 Å². The van der Waals surface area contributed by atoms with E-state index in [0.717, 1.165) is 19.3 Å². The standard InChI is InChI=1S/C17H25NO3/c1-2-20-16(19)17(18)11-10-15(13-17)21-12-6-9-14-7-4-3-5-8-14/h3-5,7-8,15H,2,6,9-13,18H2,1H3. The van der Waals surface area contributed by atoms with Crippen LogP contribution in [0, 0.1) is 0 Å². The Labute approximate surface area is 126 Å². The number of rotatable bonds is 7. The van der Waals surface area contributed by atoms with E-state index in [1.807, 2.05) is 6.07 Å². The van der Waals surface area contributed by atoms with E-state index < -0.39 is 5.54 Å². The predicted molar refractivity (Wildman–Crippen MR) is 81.9 cm³/mol. The van der Waals surface area contributed by atoms with Gasteiger partial charge in [-0.15, -0.1) is 0 Å². The van der Waals surface area contributed by atoms with Gasteiger partial charge in [-0.05, 0) is 38.2 Å². The minimum Gasteiger partial charge on any atom is -0.465 e. The molecule has 0 spiro atoms. The zero-order chi connectivity index (χ0) is 15.1. The molecule has 116 valence electrons. The number of nitrogens with two attached hydrogens (primary N) is 1. The van der Waals surface area contributed by atoms with Gasteiger partial charge in [0.1, 0.15) is 5.54 Å². The molecule has 21 heavy (non-hydrogen) atoms. The molecule has 2 unspecified atom stereocenters. The van der Waals surface area contributed by atoms with Crippen molar-refractivity contribution in [1.29, 1.82) is 0 Å². The van der Waals surface area contributed by atoms with Gasteiger partial charge < -0.3 is 15.2 Å². The van der Waals surface area contributed by atoms with E-state index in [9.17, 15) is 4.79 Å². The summed E-state index contributed by atoms with van der Waals surface area (Å²) < 4.78 is 10.9. The molecule has 2 atom stereocenters. The van der Waals surface area contributed by atoms with Crippen molar-refractivity contribution in [1.82, 2.24) is 0 Å². The lowest BCUT2D eigenvalue weighted by Gasteiger charge is -2.21. The summed E-state index contributed by atoms with van der Waals surface area (Å²) >= 11 is 0. The first-order valence-corrected chi connectivity index (χ1v) is 7.75. The SMILES string of the molecule is CCOC(=O)C1(N)CCC(OCCCc2ccccc2)C1. The fourth-order valence-electron chi connectivity index (χ4n) is 2.80. The van der Waals surface area contributed by atoms with E-state index in [1.165, 1.54) is 5.56 Å². The first-order valence-electron chi connectivity index (χ1n) is 7.75. The Kier molecular flexibility index (Phi) is 5.76. The molecule has 1 saturated carbocycles. The van der Waals surface area contributed by atoms with Gasteiger partial charge in [0.25, 0.3) is 0 Å². The second-order valence-electron chi connectivity index (χ2n) is 5.70. The fourth-order valence-corrected chi connectivity index (χ4v) is 2.80. The van der Waals surface area contributed by atoms with Crippen LogP contribution in [0.2, 0.25) is 0 Å². The Balaban J connectivity index is 1.67. The third-order valence-electron chi connectivity index (χ3n) is 3.99. The van der Waals surface area contributed by atoms with Crippen LogP contribution in [0.25, 0.3) is 0 Å². The lowest BCUT2D eigenvalue weighted by Crippen LogP contribution is -2.47. The van der Waals surface area contributed by atoms with Crippen molar-refractivity contribution in [2.75, 3.05) is 13.2 Å². The van der Waals surface area contributed by atoms with Crippen LogP contribution in [0.3, 0.4) is 0 Å². The molecule has 0 bridgehead atoms. The van der Waals surface area contributed by atoms with Crippen molar-refractivity contribution in [3.8, 4) is 0 Å². The van der Waals surface area contributed by atoms with E-state index >= 15 is 0 Å². The Morgan fingerprint density at radius 1 is 1.38 bits per heavy atom. The molecule has 1 aromatic rings. The Morgan fingerprint density at radius 3 is 2.86 bits per heavy atom. The molecule has 4 nitrogen and oxygen atoms in total. The third kappa shape index (κ3) is 4.55. The highest BCUT2D eigenvalue weighted by atomic mass is 16.5. The topological polar surface area (TPSA) is 61.5 Å². The average Bonchev–Trinajstić information content (AvgIpc) is 2.88. The molecular formula is C17H25NO3. The van der Waals surface area contributed by atoms with Crippen LogP contribution in [-0.4, -0.2) is 30.8 Å². The van der Waals surface area contributed by atoms with Crippen LogP contribution in [0.4, 0.5) is 0 Å². The zero-order valence-electron chi connectivity index (χ0n) is 12.7. The maximum atomic E-state index is 11.8. The van der Waals surface area contributed by atoms with Crippen molar-refractivity contribution < 1.29 is 14.3 Å². The second kappa shape index (κ2) is 7.57. The number of aryl methyl sites for hydroxylation is 1. The maximum absolute atomic E-state index is 11.8. The van der Waals surface area contributed by atoms with E-state index in [4.69, 9.17) is 15.2 Å². The molecule has 2 N–H and O–H groups in total. The summed E-state index contributed by atoms with van der Waals surface area (Å²) in [5.41, 5.74) is 6.60.